The van der Waals surface area contributed by atoms with E-state index in [0.717, 1.165) is 63.6 Å². The molecule has 0 bridgehead atoms. The molecule has 1 aliphatic heterocycles. The lowest BCUT2D eigenvalue weighted by Gasteiger charge is -2.35. The number of aldehydes is 2. The first-order valence-corrected chi connectivity index (χ1v) is 21.0. The minimum Gasteiger partial charge on any atom is -0.383 e. The van der Waals surface area contributed by atoms with Crippen LogP contribution in [0.15, 0.2) is 115 Å². The molecular formula is C49H54N8O4. The van der Waals surface area contributed by atoms with Gasteiger partial charge in [0.2, 0.25) is 5.91 Å². The lowest BCUT2D eigenvalue weighted by Crippen LogP contribution is -2.41. The molecule has 2 amide bonds. The summed E-state index contributed by atoms with van der Waals surface area (Å²) in [5.74, 6) is 0.191. The van der Waals surface area contributed by atoms with Gasteiger partial charge in [0.25, 0.3) is 5.91 Å². The lowest BCUT2D eigenvalue weighted by molar-refractivity contribution is -0.121. The molecule has 61 heavy (non-hydrogen) atoms. The molecule has 0 spiro atoms. The van der Waals surface area contributed by atoms with Crippen LogP contribution in [0.1, 0.15) is 76.8 Å². The van der Waals surface area contributed by atoms with Gasteiger partial charge in [-0.15, -0.1) is 0 Å². The summed E-state index contributed by atoms with van der Waals surface area (Å²) >= 11 is 0. The molecule has 4 aromatic carbocycles. The lowest BCUT2D eigenvalue weighted by atomic mass is 9.95. The Morgan fingerprint density at radius 3 is 2.28 bits per heavy atom. The van der Waals surface area contributed by atoms with Gasteiger partial charge < -0.3 is 30.2 Å². The van der Waals surface area contributed by atoms with Crippen LogP contribution in [0.25, 0.3) is 28.1 Å². The molecule has 12 nitrogen and oxygen atoms in total. The minimum atomic E-state index is -0.813. The van der Waals surface area contributed by atoms with E-state index in [1.165, 1.54) is 38.3 Å². The van der Waals surface area contributed by atoms with Gasteiger partial charge in [-0.3, -0.25) is 24.8 Å². The first kappa shape index (κ1) is 42.2. The maximum atomic E-state index is 13.4. The van der Waals surface area contributed by atoms with Crippen molar-refractivity contribution in [1.82, 2.24) is 25.1 Å². The number of amides is 2. The van der Waals surface area contributed by atoms with Crippen molar-refractivity contribution in [2.75, 3.05) is 37.9 Å². The topological polar surface area (TPSA) is 140 Å². The highest BCUT2D eigenvalue weighted by atomic mass is 16.2. The molecule has 0 saturated heterocycles. The Morgan fingerprint density at radius 2 is 1.61 bits per heavy atom. The number of hydrazine groups is 1. The van der Waals surface area contributed by atoms with E-state index in [4.69, 9.17) is 4.99 Å². The van der Waals surface area contributed by atoms with E-state index in [1.807, 2.05) is 12.4 Å². The number of benzene rings is 4. The van der Waals surface area contributed by atoms with E-state index in [-0.39, 0.29) is 29.9 Å². The number of hydrogen-bond donors (Lipinski definition) is 4. The number of carbonyl (C=O) groups is 4. The van der Waals surface area contributed by atoms with E-state index in [9.17, 15) is 19.2 Å². The van der Waals surface area contributed by atoms with Crippen molar-refractivity contribution in [3.8, 4) is 22.4 Å². The summed E-state index contributed by atoms with van der Waals surface area (Å²) in [6, 6.07) is 34.1. The van der Waals surface area contributed by atoms with E-state index >= 15 is 0 Å². The molecule has 1 aromatic heterocycles. The number of rotatable bonds is 18. The Bertz CT molecular complexity index is 2370. The van der Waals surface area contributed by atoms with Gasteiger partial charge >= 0.3 is 0 Å². The molecule has 12 heteroatoms. The second kappa shape index (κ2) is 19.9. The largest absolute Gasteiger partial charge is 0.383 e. The number of likely N-dealkylation sites (N-methyl/N-ethyl adjacent to an activating group) is 1. The molecule has 1 atom stereocenters. The zero-order valence-electron chi connectivity index (χ0n) is 34.9. The quantitative estimate of drug-likeness (QED) is 0.0513. The van der Waals surface area contributed by atoms with E-state index < -0.39 is 11.9 Å². The van der Waals surface area contributed by atoms with Crippen molar-refractivity contribution < 1.29 is 19.2 Å². The van der Waals surface area contributed by atoms with Crippen LogP contribution in [-0.4, -0.2) is 84.5 Å². The first-order chi connectivity index (χ1) is 29.8. The average Bonchev–Trinajstić information content (AvgIpc) is 3.63. The molecule has 5 aromatic rings. The van der Waals surface area contributed by atoms with Gasteiger partial charge in [-0.25, -0.2) is 4.99 Å². The van der Waals surface area contributed by atoms with Crippen LogP contribution in [-0.2, 0) is 16.1 Å². The molecular weight excluding hydrogens is 765 g/mol. The predicted octanol–water partition coefficient (Wildman–Crippen LogP) is 8.16. The number of aromatic nitrogens is 1. The molecule has 0 radical (unpaired) electrons. The van der Waals surface area contributed by atoms with Crippen molar-refractivity contribution in [3.05, 3.63) is 132 Å². The van der Waals surface area contributed by atoms with Crippen LogP contribution in [0, 0.1) is 0 Å². The van der Waals surface area contributed by atoms with Crippen molar-refractivity contribution >= 4 is 53.6 Å². The molecule has 1 fully saturated rings. The number of aliphatic imine (C=N–C) groups is 1. The Hall–Kier alpha value is -6.95. The van der Waals surface area contributed by atoms with Crippen molar-refractivity contribution in [3.63, 3.8) is 0 Å². The number of nitrogens with zero attached hydrogens (tertiary/aromatic N) is 4. The third kappa shape index (κ3) is 9.59. The highest BCUT2D eigenvalue weighted by Gasteiger charge is 2.31. The fourth-order valence-electron chi connectivity index (χ4n) is 8.24. The summed E-state index contributed by atoms with van der Waals surface area (Å²) in [7, 11) is 3.01. The monoisotopic (exact) mass is 818 g/mol. The van der Waals surface area contributed by atoms with Gasteiger partial charge in [0.1, 0.15) is 18.3 Å². The van der Waals surface area contributed by atoms with Gasteiger partial charge in [0.05, 0.1) is 28.9 Å². The third-order valence-electron chi connectivity index (χ3n) is 11.7. The Kier molecular flexibility index (Phi) is 13.7. The van der Waals surface area contributed by atoms with Crippen LogP contribution in [0.3, 0.4) is 0 Å². The maximum Gasteiger partial charge on any atom is 0.255 e. The summed E-state index contributed by atoms with van der Waals surface area (Å²) in [4.78, 5) is 55.6. The molecule has 4 N–H and O–H groups in total. The normalized spacial score (nSPS) is 14.0. The molecule has 2 aliphatic rings. The highest BCUT2D eigenvalue weighted by Crippen LogP contribution is 2.48. The van der Waals surface area contributed by atoms with Crippen molar-refractivity contribution in [2.45, 2.75) is 63.6 Å². The van der Waals surface area contributed by atoms with E-state index in [2.05, 4.69) is 116 Å². The standard InChI is InChI=1S/C49H54N8O4/c1-34(51-28-29-52-43-21-13-20-41(42(43)32-59)49(61)55(3)40(31-58)26-27-44(60)50-2)36-24-22-35(23-25-36)30-56-47(38-16-9-5-10-17-38)45(37-14-7-4-8-15-37)46-48(56)53-33-57(54-46)39-18-11-6-12-19-39/h4-5,7-10,13-17,20-25,31-33,39-40,51-52,54H,1,6,11-12,18-19,26-30H2,2-3H3,(H,50,60). The molecule has 2 heterocycles. The van der Waals surface area contributed by atoms with Crippen LogP contribution < -0.4 is 21.4 Å². The number of hydrogen-bond acceptors (Lipinski definition) is 9. The van der Waals surface area contributed by atoms with Crippen LogP contribution >= 0.6 is 0 Å². The zero-order valence-corrected chi connectivity index (χ0v) is 34.9. The summed E-state index contributed by atoms with van der Waals surface area (Å²) in [6.07, 6.45) is 9.56. The average molecular weight is 819 g/mol. The Morgan fingerprint density at radius 1 is 0.902 bits per heavy atom. The smallest absolute Gasteiger partial charge is 0.255 e. The van der Waals surface area contributed by atoms with Crippen LogP contribution in [0.4, 0.5) is 17.2 Å². The van der Waals surface area contributed by atoms with E-state index in [0.29, 0.717) is 43.9 Å². The molecule has 1 aliphatic carbocycles. The third-order valence-corrected chi connectivity index (χ3v) is 11.7. The van der Waals surface area contributed by atoms with Gasteiger partial charge in [0.15, 0.2) is 12.1 Å². The fraction of sp³-hybridized carbons (Fsp3) is 0.286. The van der Waals surface area contributed by atoms with Gasteiger partial charge in [0, 0.05) is 57.1 Å². The maximum absolute atomic E-state index is 13.4. The number of fused-ring (bicyclic) bond motifs is 1. The van der Waals surface area contributed by atoms with Gasteiger partial charge in [-0.1, -0.05) is 117 Å². The van der Waals surface area contributed by atoms with Gasteiger partial charge in [-0.2, -0.15) is 0 Å². The number of anilines is 2. The summed E-state index contributed by atoms with van der Waals surface area (Å²) in [5, 5.41) is 11.4. The number of nitrogens with one attached hydrogen (secondary N) is 4. The summed E-state index contributed by atoms with van der Waals surface area (Å²) in [5.41, 5.74) is 13.0. The van der Waals surface area contributed by atoms with E-state index in [1.54, 1.807) is 18.2 Å². The molecule has 7 rings (SSSR count). The van der Waals surface area contributed by atoms with Crippen LogP contribution in [0.5, 0.6) is 0 Å². The van der Waals surface area contributed by atoms with Gasteiger partial charge in [-0.05, 0) is 53.6 Å². The molecule has 314 valence electrons. The van der Waals surface area contributed by atoms with Crippen LogP contribution in [0.2, 0.25) is 0 Å². The molecule has 1 unspecified atom stereocenters. The Balaban J connectivity index is 1.04. The predicted molar refractivity (Wildman–Crippen MR) is 244 cm³/mol. The first-order valence-electron chi connectivity index (χ1n) is 21.0. The number of carbonyl (C=O) groups excluding carboxylic acids is 4. The van der Waals surface area contributed by atoms with Crippen molar-refractivity contribution in [2.24, 2.45) is 4.99 Å². The fourth-order valence-corrected chi connectivity index (χ4v) is 8.24. The second-order valence-electron chi connectivity index (χ2n) is 15.5. The summed E-state index contributed by atoms with van der Waals surface area (Å²) in [6.45, 7) is 5.82. The minimum absolute atomic E-state index is 0.0931. The Labute approximate surface area is 357 Å². The SMILES string of the molecule is C=C(NCCNc1cccc(C(=O)N(C)C(C=O)CCC(=O)NC)c1C=O)c1ccc(Cn2c3c(c(-c4ccccc4)c2-c2ccccc2)NN(C2CCCCC2)C=N3)cc1. The zero-order chi connectivity index (χ0) is 42.7. The molecule has 1 saturated carbocycles. The highest BCUT2D eigenvalue weighted by molar-refractivity contribution is 6.05. The second-order valence-corrected chi connectivity index (χ2v) is 15.5. The van der Waals surface area contributed by atoms with Crippen molar-refractivity contribution in [1.29, 1.82) is 0 Å². The summed E-state index contributed by atoms with van der Waals surface area (Å²) < 4.78 is 2.32.